The van der Waals surface area contributed by atoms with E-state index >= 15 is 0 Å². The number of aryl methyl sites for hydroxylation is 1. The van der Waals surface area contributed by atoms with Crippen molar-refractivity contribution in [1.29, 1.82) is 0 Å². The Hall–Kier alpha value is -3.62. The molecule has 0 aliphatic carbocycles. The number of carbonyl (C=O) groups excluding carboxylic acids is 2. The van der Waals surface area contributed by atoms with Crippen LogP contribution in [0.4, 0.5) is 5.69 Å². The van der Waals surface area contributed by atoms with E-state index in [0.717, 1.165) is 9.87 Å². The Labute approximate surface area is 221 Å². The minimum atomic E-state index is -4.36. The Morgan fingerprint density at radius 2 is 1.73 bits per heavy atom. The first kappa shape index (κ1) is 25.0. The van der Waals surface area contributed by atoms with Crippen LogP contribution in [0.25, 0.3) is 5.70 Å². The lowest BCUT2D eigenvalue weighted by molar-refractivity contribution is -0.138. The summed E-state index contributed by atoms with van der Waals surface area (Å²) in [5.74, 6) is -1.15. The van der Waals surface area contributed by atoms with Gasteiger partial charge in [-0.05, 0) is 49.7 Å². The molecule has 0 N–H and O–H groups in total. The smallest absolute Gasteiger partial charge is 0.336 e. The third-order valence-electron chi connectivity index (χ3n) is 6.82. The summed E-state index contributed by atoms with van der Waals surface area (Å²) in [6.45, 7) is 3.63. The lowest BCUT2D eigenvalue weighted by Crippen LogP contribution is -2.51. The molecular formula is C28H25ClN2O5S. The molecule has 0 radical (unpaired) electrons. The molecule has 37 heavy (non-hydrogen) atoms. The summed E-state index contributed by atoms with van der Waals surface area (Å²) < 4.78 is 35.5. The lowest BCUT2D eigenvalue weighted by atomic mass is 9.87. The fourth-order valence-corrected chi connectivity index (χ4v) is 7.11. The second-order valence-corrected chi connectivity index (χ2v) is 11.3. The molecule has 1 atom stereocenters. The van der Waals surface area contributed by atoms with Crippen LogP contribution in [0.5, 0.6) is 0 Å². The molecule has 7 nitrogen and oxygen atoms in total. The Bertz CT molecular complexity index is 1550. The van der Waals surface area contributed by atoms with E-state index in [1.807, 2.05) is 6.92 Å². The van der Waals surface area contributed by atoms with Crippen LogP contribution >= 0.6 is 11.6 Å². The molecule has 0 saturated heterocycles. The van der Waals surface area contributed by atoms with E-state index in [0.29, 0.717) is 21.8 Å². The molecule has 2 heterocycles. The maximum atomic E-state index is 14.5. The van der Waals surface area contributed by atoms with Crippen LogP contribution in [0.3, 0.4) is 0 Å². The second kappa shape index (κ2) is 9.04. The third kappa shape index (κ3) is 3.74. The number of sulfonamides is 1. The topological polar surface area (TPSA) is 84.0 Å². The van der Waals surface area contributed by atoms with Crippen molar-refractivity contribution < 1.29 is 22.7 Å². The van der Waals surface area contributed by atoms with E-state index in [4.69, 9.17) is 16.3 Å². The summed E-state index contributed by atoms with van der Waals surface area (Å²) in [7, 11) is -2.77. The van der Waals surface area contributed by atoms with Gasteiger partial charge in [0.15, 0.2) is 5.54 Å². The maximum Gasteiger partial charge on any atom is 0.336 e. The summed E-state index contributed by atoms with van der Waals surface area (Å²) in [5.41, 5.74) is 0.768. The lowest BCUT2D eigenvalue weighted by Gasteiger charge is -2.36. The molecular weight excluding hydrogens is 512 g/mol. The van der Waals surface area contributed by atoms with Gasteiger partial charge in [-0.1, -0.05) is 59.6 Å². The number of anilines is 1. The number of hydrogen-bond donors (Lipinski definition) is 0. The van der Waals surface area contributed by atoms with Gasteiger partial charge in [-0.15, -0.1) is 0 Å². The van der Waals surface area contributed by atoms with Crippen molar-refractivity contribution in [2.24, 2.45) is 0 Å². The van der Waals surface area contributed by atoms with Gasteiger partial charge in [-0.2, -0.15) is 0 Å². The molecule has 1 amide bonds. The highest BCUT2D eigenvalue weighted by Crippen LogP contribution is 2.57. The number of hydrogen-bond acceptors (Lipinski definition) is 5. The summed E-state index contributed by atoms with van der Waals surface area (Å²) in [4.78, 5) is 28.9. The number of carbonyl (C=O) groups is 2. The number of amides is 1. The van der Waals surface area contributed by atoms with Crippen molar-refractivity contribution in [3.63, 3.8) is 0 Å². The van der Waals surface area contributed by atoms with Crippen LogP contribution in [0.1, 0.15) is 30.0 Å². The Balaban J connectivity index is 1.88. The Kier molecular flexibility index (Phi) is 6.12. The molecule has 0 fully saturated rings. The number of benzene rings is 3. The molecule has 0 bridgehead atoms. The standard InChI is InChI=1S/C28H25ClN2O5S/c1-4-36-26(32)22-17-28(23-16-20(29)12-15-24(23)30(3)27(28)33)31(25(22)19-8-6-5-7-9-19)37(34,35)21-13-10-18(2)11-14-21/h5-16H,4,17H2,1-3H3. The van der Waals surface area contributed by atoms with E-state index in [1.165, 1.54) is 17.0 Å². The highest BCUT2D eigenvalue weighted by molar-refractivity contribution is 7.89. The van der Waals surface area contributed by atoms with Crippen molar-refractivity contribution in [3.8, 4) is 0 Å². The molecule has 0 aromatic heterocycles. The number of likely N-dealkylation sites (N-methyl/N-ethyl adjacent to an activating group) is 1. The van der Waals surface area contributed by atoms with Gasteiger partial charge in [-0.3, -0.25) is 4.79 Å². The zero-order valence-electron chi connectivity index (χ0n) is 20.6. The minimum absolute atomic E-state index is 0.00180. The summed E-state index contributed by atoms with van der Waals surface area (Å²) >= 11 is 6.38. The Morgan fingerprint density at radius 1 is 1.05 bits per heavy atom. The molecule has 3 aromatic carbocycles. The molecule has 0 saturated carbocycles. The Morgan fingerprint density at radius 3 is 2.38 bits per heavy atom. The molecule has 190 valence electrons. The monoisotopic (exact) mass is 536 g/mol. The van der Waals surface area contributed by atoms with Crippen molar-refractivity contribution in [2.45, 2.75) is 30.7 Å². The van der Waals surface area contributed by atoms with Gasteiger partial charge >= 0.3 is 5.97 Å². The van der Waals surface area contributed by atoms with Gasteiger partial charge < -0.3 is 9.64 Å². The predicted molar refractivity (Wildman–Crippen MR) is 141 cm³/mol. The minimum Gasteiger partial charge on any atom is -0.463 e. The number of halogens is 1. The zero-order valence-corrected chi connectivity index (χ0v) is 22.1. The van der Waals surface area contributed by atoms with Crippen LogP contribution in [0.15, 0.2) is 83.3 Å². The quantitative estimate of drug-likeness (QED) is 0.434. The first-order valence-electron chi connectivity index (χ1n) is 11.8. The molecule has 3 aromatic rings. The average molecular weight is 537 g/mol. The van der Waals surface area contributed by atoms with Gasteiger partial charge in [0.1, 0.15) is 0 Å². The molecule has 2 aliphatic rings. The largest absolute Gasteiger partial charge is 0.463 e. The normalized spacial score (nSPS) is 19.1. The fraction of sp³-hybridized carbons (Fsp3) is 0.214. The van der Waals surface area contributed by atoms with Crippen LogP contribution in [0, 0.1) is 6.92 Å². The van der Waals surface area contributed by atoms with E-state index in [-0.39, 0.29) is 29.2 Å². The maximum absolute atomic E-state index is 14.5. The predicted octanol–water partition coefficient (Wildman–Crippen LogP) is 4.89. The highest BCUT2D eigenvalue weighted by Gasteiger charge is 2.63. The molecule has 2 aliphatic heterocycles. The van der Waals surface area contributed by atoms with Crippen molar-refractivity contribution in [3.05, 3.63) is 100 Å². The number of fused-ring (bicyclic) bond motifs is 2. The number of esters is 1. The van der Waals surface area contributed by atoms with Crippen LogP contribution in [0.2, 0.25) is 5.02 Å². The van der Waals surface area contributed by atoms with Gasteiger partial charge in [0, 0.05) is 29.7 Å². The van der Waals surface area contributed by atoms with E-state index in [1.54, 1.807) is 74.6 Å². The summed E-state index contributed by atoms with van der Waals surface area (Å²) in [5, 5.41) is 0.347. The highest BCUT2D eigenvalue weighted by atomic mass is 35.5. The van der Waals surface area contributed by atoms with Crippen molar-refractivity contribution in [2.75, 3.05) is 18.6 Å². The zero-order chi connectivity index (χ0) is 26.5. The SMILES string of the molecule is CCOC(=O)C1=C(c2ccccc2)N(S(=O)(=O)c2ccc(C)cc2)C2(C1)C(=O)N(C)c1ccc(Cl)cc12. The van der Waals surface area contributed by atoms with Gasteiger partial charge in [0.2, 0.25) is 0 Å². The molecule has 5 rings (SSSR count). The van der Waals surface area contributed by atoms with E-state index in [2.05, 4.69) is 0 Å². The molecule has 1 spiro atoms. The van der Waals surface area contributed by atoms with Crippen LogP contribution in [-0.2, 0) is 29.9 Å². The number of ether oxygens (including phenoxy) is 1. The van der Waals surface area contributed by atoms with E-state index in [9.17, 15) is 18.0 Å². The molecule has 9 heteroatoms. The number of rotatable bonds is 5. The second-order valence-electron chi connectivity index (χ2n) is 9.06. The van der Waals surface area contributed by atoms with Crippen LogP contribution in [-0.4, -0.2) is 38.3 Å². The van der Waals surface area contributed by atoms with Crippen LogP contribution < -0.4 is 4.90 Å². The summed E-state index contributed by atoms with van der Waals surface area (Å²) in [6, 6.07) is 20.1. The fourth-order valence-electron chi connectivity index (χ4n) is 5.14. The van der Waals surface area contributed by atoms with Crippen molar-refractivity contribution >= 4 is 44.9 Å². The average Bonchev–Trinajstić information content (AvgIpc) is 3.35. The molecule has 1 unspecified atom stereocenters. The van der Waals surface area contributed by atoms with Crippen molar-refractivity contribution in [1.82, 2.24) is 4.31 Å². The van der Waals surface area contributed by atoms with Gasteiger partial charge in [0.25, 0.3) is 15.9 Å². The summed E-state index contributed by atoms with van der Waals surface area (Å²) in [6.07, 6.45) is -0.197. The van der Waals surface area contributed by atoms with Gasteiger partial charge in [-0.25, -0.2) is 17.5 Å². The van der Waals surface area contributed by atoms with E-state index < -0.39 is 27.4 Å². The third-order valence-corrected chi connectivity index (χ3v) is 8.90. The number of nitrogens with zero attached hydrogens (tertiary/aromatic N) is 2. The first-order chi connectivity index (χ1) is 17.6. The first-order valence-corrected chi connectivity index (χ1v) is 13.6. The van der Waals surface area contributed by atoms with Gasteiger partial charge in [0.05, 0.1) is 22.8 Å².